The van der Waals surface area contributed by atoms with Gasteiger partial charge in [0.2, 0.25) is 0 Å². The number of carboxylic acid groups (broad SMARTS) is 1. The first-order chi connectivity index (χ1) is 9.13. The number of hydrogen-bond donors (Lipinski definition) is 3. The molecule has 1 aromatic carbocycles. The highest BCUT2D eigenvalue weighted by atomic mass is 16.5. The first-order valence-electron chi connectivity index (χ1n) is 6.05. The summed E-state index contributed by atoms with van der Waals surface area (Å²) in [6.07, 6.45) is 0.832. The van der Waals surface area contributed by atoms with E-state index < -0.39 is 5.97 Å². The molecule has 0 aliphatic rings. The molecule has 0 heterocycles. The van der Waals surface area contributed by atoms with Crippen LogP contribution in [0.5, 0.6) is 0 Å². The van der Waals surface area contributed by atoms with Crippen molar-refractivity contribution in [3.8, 4) is 0 Å². The van der Waals surface area contributed by atoms with Gasteiger partial charge in [0.15, 0.2) is 0 Å². The number of ether oxygens (including phenoxy) is 1. The van der Waals surface area contributed by atoms with E-state index in [0.29, 0.717) is 0 Å². The van der Waals surface area contributed by atoms with Gasteiger partial charge in [-0.15, -0.1) is 0 Å². The van der Waals surface area contributed by atoms with Crippen molar-refractivity contribution in [1.29, 1.82) is 0 Å². The highest BCUT2D eigenvalue weighted by Crippen LogP contribution is 2.14. The van der Waals surface area contributed by atoms with Gasteiger partial charge in [0.25, 0.3) is 0 Å². The van der Waals surface area contributed by atoms with Crippen molar-refractivity contribution in [3.05, 3.63) is 29.8 Å². The van der Waals surface area contributed by atoms with Crippen LogP contribution in [0.3, 0.4) is 0 Å². The lowest BCUT2D eigenvalue weighted by atomic mass is 10.1. The van der Waals surface area contributed by atoms with E-state index in [2.05, 4.69) is 10.6 Å². The molecule has 0 atom stereocenters. The Bertz CT molecular complexity index is 434. The summed E-state index contributed by atoms with van der Waals surface area (Å²) in [7, 11) is 0. The Hall–Kier alpha value is -2.08. The molecule has 0 saturated carbocycles. The average Bonchev–Trinajstić information content (AvgIpc) is 2.38. The molecule has 0 spiro atoms. The molecule has 6 nitrogen and oxygen atoms in total. The second-order valence-corrected chi connectivity index (χ2v) is 3.84. The smallest absolute Gasteiger partial charge is 0.329 e. The SMILES string of the molecule is CCc1ccccc1NC(=O)NCCOCC(=O)O. The topological polar surface area (TPSA) is 87.7 Å². The molecule has 1 rings (SSSR count). The van der Waals surface area contributed by atoms with E-state index in [0.717, 1.165) is 17.7 Å². The van der Waals surface area contributed by atoms with Gasteiger partial charge in [0, 0.05) is 12.2 Å². The number of carbonyl (C=O) groups is 2. The molecule has 0 saturated heterocycles. The number of amides is 2. The van der Waals surface area contributed by atoms with E-state index in [4.69, 9.17) is 9.84 Å². The van der Waals surface area contributed by atoms with Gasteiger partial charge >= 0.3 is 12.0 Å². The molecule has 0 aliphatic carbocycles. The molecule has 19 heavy (non-hydrogen) atoms. The van der Waals surface area contributed by atoms with Crippen molar-refractivity contribution in [1.82, 2.24) is 5.32 Å². The van der Waals surface area contributed by atoms with Crippen LogP contribution in [0.25, 0.3) is 0 Å². The van der Waals surface area contributed by atoms with E-state index in [-0.39, 0.29) is 25.8 Å². The molecular formula is C13H18N2O4. The van der Waals surface area contributed by atoms with Crippen molar-refractivity contribution in [2.45, 2.75) is 13.3 Å². The molecule has 0 aliphatic heterocycles. The second kappa shape index (κ2) is 8.10. The summed E-state index contributed by atoms with van der Waals surface area (Å²) in [5.41, 5.74) is 1.83. The van der Waals surface area contributed by atoms with E-state index in [1.54, 1.807) is 0 Å². The lowest BCUT2D eigenvalue weighted by Crippen LogP contribution is -2.32. The number of carboxylic acids is 1. The maximum atomic E-state index is 11.6. The standard InChI is InChI=1S/C13H18N2O4/c1-2-10-5-3-4-6-11(10)15-13(18)14-7-8-19-9-12(16)17/h3-6H,2,7-9H2,1H3,(H,16,17)(H2,14,15,18). The molecule has 0 radical (unpaired) electrons. The zero-order valence-electron chi connectivity index (χ0n) is 10.8. The van der Waals surface area contributed by atoms with Crippen LogP contribution in [0.15, 0.2) is 24.3 Å². The number of carbonyl (C=O) groups excluding carboxylic acids is 1. The van der Waals surface area contributed by atoms with Gasteiger partial charge in [0.1, 0.15) is 6.61 Å². The molecule has 0 fully saturated rings. The fourth-order valence-electron chi connectivity index (χ4n) is 1.51. The Morgan fingerprint density at radius 3 is 2.74 bits per heavy atom. The molecule has 0 bridgehead atoms. The number of rotatable bonds is 7. The van der Waals surface area contributed by atoms with Crippen LogP contribution in [0.1, 0.15) is 12.5 Å². The summed E-state index contributed by atoms with van der Waals surface area (Å²) >= 11 is 0. The minimum atomic E-state index is -1.03. The predicted octanol–water partition coefficient (Wildman–Crippen LogP) is 1.47. The molecule has 2 amide bonds. The van der Waals surface area contributed by atoms with Crippen LogP contribution in [-0.2, 0) is 16.0 Å². The molecule has 1 aromatic rings. The summed E-state index contributed by atoms with van der Waals surface area (Å²) in [5.74, 6) is -1.03. The molecular weight excluding hydrogens is 248 g/mol. The lowest BCUT2D eigenvalue weighted by molar-refractivity contribution is -0.142. The number of nitrogens with one attached hydrogen (secondary N) is 2. The fraction of sp³-hybridized carbons (Fsp3) is 0.385. The fourth-order valence-corrected chi connectivity index (χ4v) is 1.51. The Kier molecular flexibility index (Phi) is 6.38. The summed E-state index contributed by atoms with van der Waals surface area (Å²) in [5, 5.41) is 13.7. The minimum Gasteiger partial charge on any atom is -0.480 e. The number of aliphatic carboxylic acids is 1. The van der Waals surface area contributed by atoms with Gasteiger partial charge in [-0.1, -0.05) is 25.1 Å². The maximum Gasteiger partial charge on any atom is 0.329 e. The molecule has 0 aromatic heterocycles. The number of benzene rings is 1. The van der Waals surface area contributed by atoms with Crippen LogP contribution >= 0.6 is 0 Å². The lowest BCUT2D eigenvalue weighted by Gasteiger charge is -2.10. The van der Waals surface area contributed by atoms with Crippen LogP contribution < -0.4 is 10.6 Å². The van der Waals surface area contributed by atoms with E-state index in [1.165, 1.54) is 0 Å². The Morgan fingerprint density at radius 2 is 2.05 bits per heavy atom. The summed E-state index contributed by atoms with van der Waals surface area (Å²) in [4.78, 5) is 21.8. The van der Waals surface area contributed by atoms with E-state index in [1.807, 2.05) is 31.2 Å². The monoisotopic (exact) mass is 266 g/mol. The maximum absolute atomic E-state index is 11.6. The number of anilines is 1. The van der Waals surface area contributed by atoms with Crippen LogP contribution in [-0.4, -0.2) is 36.9 Å². The average molecular weight is 266 g/mol. The van der Waals surface area contributed by atoms with Gasteiger partial charge in [-0.3, -0.25) is 0 Å². The van der Waals surface area contributed by atoms with Gasteiger partial charge < -0.3 is 20.5 Å². The van der Waals surface area contributed by atoms with Crippen molar-refractivity contribution in [2.75, 3.05) is 25.1 Å². The zero-order valence-corrected chi connectivity index (χ0v) is 10.8. The third-order valence-corrected chi connectivity index (χ3v) is 2.40. The van der Waals surface area contributed by atoms with E-state index >= 15 is 0 Å². The van der Waals surface area contributed by atoms with Gasteiger partial charge in [-0.25, -0.2) is 9.59 Å². The van der Waals surface area contributed by atoms with Gasteiger partial charge in [-0.2, -0.15) is 0 Å². The number of urea groups is 1. The first-order valence-corrected chi connectivity index (χ1v) is 6.05. The van der Waals surface area contributed by atoms with Gasteiger partial charge in [-0.05, 0) is 18.1 Å². The largest absolute Gasteiger partial charge is 0.480 e. The Labute approximate surface area is 111 Å². The second-order valence-electron chi connectivity index (χ2n) is 3.84. The molecule has 104 valence electrons. The minimum absolute atomic E-state index is 0.162. The van der Waals surface area contributed by atoms with Crippen molar-refractivity contribution in [2.24, 2.45) is 0 Å². The number of hydrogen-bond acceptors (Lipinski definition) is 3. The number of para-hydroxylation sites is 1. The Morgan fingerprint density at radius 1 is 1.32 bits per heavy atom. The van der Waals surface area contributed by atoms with Crippen LogP contribution in [0.4, 0.5) is 10.5 Å². The zero-order chi connectivity index (χ0) is 14.1. The molecule has 3 N–H and O–H groups in total. The van der Waals surface area contributed by atoms with Crippen molar-refractivity contribution >= 4 is 17.7 Å². The third-order valence-electron chi connectivity index (χ3n) is 2.40. The summed E-state index contributed by atoms with van der Waals surface area (Å²) < 4.78 is 4.80. The normalized spacial score (nSPS) is 9.95. The van der Waals surface area contributed by atoms with Crippen molar-refractivity contribution < 1.29 is 19.4 Å². The van der Waals surface area contributed by atoms with Crippen LogP contribution in [0, 0.1) is 0 Å². The highest BCUT2D eigenvalue weighted by molar-refractivity contribution is 5.90. The first kappa shape index (κ1) is 15.0. The van der Waals surface area contributed by atoms with Crippen molar-refractivity contribution in [3.63, 3.8) is 0 Å². The third kappa shape index (κ3) is 5.87. The predicted molar refractivity (Wildman–Crippen MR) is 71.3 cm³/mol. The van der Waals surface area contributed by atoms with Crippen LogP contribution in [0.2, 0.25) is 0 Å². The Balaban J connectivity index is 2.29. The highest BCUT2D eigenvalue weighted by Gasteiger charge is 2.04. The quantitative estimate of drug-likeness (QED) is 0.652. The molecule has 6 heteroatoms. The molecule has 0 unspecified atom stereocenters. The van der Waals surface area contributed by atoms with Gasteiger partial charge in [0.05, 0.1) is 6.61 Å². The summed E-state index contributed by atoms with van der Waals surface area (Å²) in [6.45, 7) is 2.07. The number of aryl methyl sites for hydroxylation is 1. The van der Waals surface area contributed by atoms with E-state index in [9.17, 15) is 9.59 Å². The summed E-state index contributed by atoms with van der Waals surface area (Å²) in [6, 6.07) is 7.22.